The van der Waals surface area contributed by atoms with Gasteiger partial charge in [-0.15, -0.1) is 0 Å². The Balaban J connectivity index is 2.19. The lowest BCUT2D eigenvalue weighted by molar-refractivity contribution is -0.253. The van der Waals surface area contributed by atoms with Gasteiger partial charge in [0.25, 0.3) is 0 Å². The van der Waals surface area contributed by atoms with Crippen LogP contribution >= 0.6 is 0 Å². The van der Waals surface area contributed by atoms with Crippen molar-refractivity contribution in [2.45, 2.75) is 44.8 Å². The topological polar surface area (TPSA) is 85.7 Å². The molecular formula is C14H19FN4O2. The Hall–Kier alpha value is -1.73. The molecule has 0 aromatic carbocycles. The fourth-order valence-electron chi connectivity index (χ4n) is 3.05. The molecule has 2 aromatic heterocycles. The van der Waals surface area contributed by atoms with E-state index < -0.39 is 17.4 Å². The van der Waals surface area contributed by atoms with Crippen LogP contribution in [0.1, 0.15) is 32.9 Å². The van der Waals surface area contributed by atoms with Crippen LogP contribution < -0.4 is 5.73 Å². The van der Waals surface area contributed by atoms with Crippen LogP contribution in [0.2, 0.25) is 0 Å². The number of hydrogen-bond donors (Lipinski definition) is 2. The van der Waals surface area contributed by atoms with E-state index in [0.29, 0.717) is 11.9 Å². The van der Waals surface area contributed by atoms with Gasteiger partial charge in [-0.1, -0.05) is 13.8 Å². The highest BCUT2D eigenvalue weighted by molar-refractivity contribution is 5.65. The molecule has 0 amide bonds. The quantitative estimate of drug-likeness (QED) is 0.879. The molecule has 3 N–H and O–H groups in total. The van der Waals surface area contributed by atoms with Gasteiger partial charge in [0.05, 0.1) is 6.10 Å². The van der Waals surface area contributed by atoms with E-state index >= 15 is 4.39 Å². The molecule has 114 valence electrons. The summed E-state index contributed by atoms with van der Waals surface area (Å²) in [7, 11) is 0. The fraction of sp³-hybridized carbons (Fsp3) is 0.571. The largest absolute Gasteiger partial charge is 0.382 e. The van der Waals surface area contributed by atoms with Crippen LogP contribution in [0.4, 0.5) is 10.2 Å². The van der Waals surface area contributed by atoms with Crippen molar-refractivity contribution < 1.29 is 14.2 Å². The summed E-state index contributed by atoms with van der Waals surface area (Å²) >= 11 is 0. The van der Waals surface area contributed by atoms with Gasteiger partial charge in [-0.25, -0.2) is 13.9 Å². The van der Waals surface area contributed by atoms with E-state index in [9.17, 15) is 5.11 Å². The van der Waals surface area contributed by atoms with Gasteiger partial charge in [0.15, 0.2) is 11.5 Å². The average molecular weight is 294 g/mol. The summed E-state index contributed by atoms with van der Waals surface area (Å²) in [5, 5.41) is 15.0. The van der Waals surface area contributed by atoms with E-state index in [4.69, 9.17) is 10.5 Å². The van der Waals surface area contributed by atoms with Crippen LogP contribution in [0.25, 0.3) is 5.52 Å². The number of hydrogen-bond acceptors (Lipinski definition) is 5. The van der Waals surface area contributed by atoms with Gasteiger partial charge in [0, 0.05) is 5.92 Å². The van der Waals surface area contributed by atoms with Crippen molar-refractivity contribution in [3.8, 4) is 0 Å². The molecule has 0 radical (unpaired) electrons. The van der Waals surface area contributed by atoms with Gasteiger partial charge in [0.2, 0.25) is 5.79 Å². The first-order chi connectivity index (χ1) is 9.83. The minimum Gasteiger partial charge on any atom is -0.382 e. The van der Waals surface area contributed by atoms with Crippen LogP contribution in [0.5, 0.6) is 0 Å². The van der Waals surface area contributed by atoms with Gasteiger partial charge in [-0.3, -0.25) is 0 Å². The standard InChI is InChI=1S/C14H19FN4O2/c1-4-10-8(2)13(3,15)14(20,21-10)11-6-5-9-12(16)17-7-18-19(9)11/h5-8,10,20H,4H2,1-3H3,(H2,16,17,18)/t8-,10-,13-,14?/m1/s1. The van der Waals surface area contributed by atoms with Crippen LogP contribution in [0, 0.1) is 5.92 Å². The van der Waals surface area contributed by atoms with Crippen molar-refractivity contribution in [2.24, 2.45) is 5.92 Å². The first-order valence-corrected chi connectivity index (χ1v) is 7.00. The van der Waals surface area contributed by atoms with Crippen LogP contribution in [0.3, 0.4) is 0 Å². The number of nitrogens with two attached hydrogens (primary N) is 1. The molecule has 1 aliphatic rings. The van der Waals surface area contributed by atoms with Crippen molar-refractivity contribution in [3.05, 3.63) is 24.2 Å². The molecule has 3 rings (SSSR count). The molecule has 7 heteroatoms. The average Bonchev–Trinajstić information content (AvgIpc) is 2.95. The van der Waals surface area contributed by atoms with E-state index in [0.717, 1.165) is 0 Å². The number of ether oxygens (including phenoxy) is 1. The van der Waals surface area contributed by atoms with Crippen molar-refractivity contribution >= 4 is 11.3 Å². The van der Waals surface area contributed by atoms with Crippen molar-refractivity contribution in [3.63, 3.8) is 0 Å². The van der Waals surface area contributed by atoms with Crippen molar-refractivity contribution in [1.29, 1.82) is 0 Å². The molecule has 0 spiro atoms. The lowest BCUT2D eigenvalue weighted by Crippen LogP contribution is -2.46. The highest BCUT2D eigenvalue weighted by atomic mass is 19.1. The summed E-state index contributed by atoms with van der Waals surface area (Å²) in [6.45, 7) is 5.00. The van der Waals surface area contributed by atoms with Gasteiger partial charge < -0.3 is 15.6 Å². The molecule has 0 bridgehead atoms. The number of nitrogen functional groups attached to an aromatic ring is 1. The summed E-state index contributed by atoms with van der Waals surface area (Å²) in [4.78, 5) is 3.88. The second-order valence-electron chi connectivity index (χ2n) is 5.73. The van der Waals surface area contributed by atoms with Gasteiger partial charge in [-0.2, -0.15) is 5.10 Å². The summed E-state index contributed by atoms with van der Waals surface area (Å²) in [5.74, 6) is -2.25. The molecule has 6 nitrogen and oxygen atoms in total. The Morgan fingerprint density at radius 1 is 1.52 bits per heavy atom. The maximum Gasteiger partial charge on any atom is 0.245 e. The zero-order valence-electron chi connectivity index (χ0n) is 12.2. The van der Waals surface area contributed by atoms with Crippen LogP contribution in [0.15, 0.2) is 18.5 Å². The van der Waals surface area contributed by atoms with Gasteiger partial charge in [-0.05, 0) is 25.5 Å². The SMILES string of the molecule is CC[C@H]1OC(O)(c2ccc3c(N)ncnn23)[C@](C)(F)[C@@H]1C. The van der Waals surface area contributed by atoms with Gasteiger partial charge in [0.1, 0.15) is 17.5 Å². The Kier molecular flexibility index (Phi) is 2.97. The summed E-state index contributed by atoms with van der Waals surface area (Å²) in [6.07, 6.45) is 1.51. The molecule has 1 fully saturated rings. The monoisotopic (exact) mass is 294 g/mol. The minimum atomic E-state index is -2.07. The summed E-state index contributed by atoms with van der Waals surface area (Å²) in [5.41, 5.74) is 4.56. The second-order valence-corrected chi connectivity index (χ2v) is 5.73. The van der Waals surface area contributed by atoms with E-state index in [1.165, 1.54) is 17.8 Å². The fourth-order valence-corrected chi connectivity index (χ4v) is 3.05. The Bertz CT molecular complexity index is 687. The Morgan fingerprint density at radius 3 is 2.86 bits per heavy atom. The number of anilines is 1. The zero-order valence-corrected chi connectivity index (χ0v) is 12.2. The molecular weight excluding hydrogens is 275 g/mol. The number of alkyl halides is 1. The molecule has 3 heterocycles. The highest BCUT2D eigenvalue weighted by Gasteiger charge is 2.63. The summed E-state index contributed by atoms with van der Waals surface area (Å²) in [6, 6.07) is 3.22. The molecule has 0 saturated carbocycles. The first kappa shape index (κ1) is 14.2. The normalized spacial score (nSPS) is 36.4. The number of fused-ring (bicyclic) bond motifs is 1. The maximum absolute atomic E-state index is 15.2. The smallest absolute Gasteiger partial charge is 0.245 e. The number of nitrogens with zero attached hydrogens (tertiary/aromatic N) is 3. The Morgan fingerprint density at radius 2 is 2.24 bits per heavy atom. The lowest BCUT2D eigenvalue weighted by Gasteiger charge is -2.32. The van der Waals surface area contributed by atoms with Gasteiger partial charge >= 0.3 is 0 Å². The number of halogens is 1. The number of aromatic nitrogens is 3. The molecule has 1 unspecified atom stereocenters. The molecule has 2 aromatic rings. The third-order valence-electron chi connectivity index (χ3n) is 4.63. The molecule has 4 atom stereocenters. The molecule has 1 saturated heterocycles. The summed E-state index contributed by atoms with van der Waals surface area (Å²) < 4.78 is 22.3. The van der Waals surface area contributed by atoms with E-state index in [1.807, 2.05) is 6.92 Å². The lowest BCUT2D eigenvalue weighted by atomic mass is 9.83. The number of aliphatic hydroxyl groups is 1. The predicted molar refractivity (Wildman–Crippen MR) is 75.1 cm³/mol. The third kappa shape index (κ3) is 1.70. The Labute approximate surface area is 121 Å². The first-order valence-electron chi connectivity index (χ1n) is 7.00. The predicted octanol–water partition coefficient (Wildman–Crippen LogP) is 1.63. The highest BCUT2D eigenvalue weighted by Crippen LogP contribution is 2.51. The molecule has 21 heavy (non-hydrogen) atoms. The van der Waals surface area contributed by atoms with Crippen molar-refractivity contribution in [2.75, 3.05) is 5.73 Å². The minimum absolute atomic E-state index is 0.222. The number of rotatable bonds is 2. The van der Waals surface area contributed by atoms with Crippen LogP contribution in [-0.2, 0) is 10.5 Å². The maximum atomic E-state index is 15.2. The van der Waals surface area contributed by atoms with E-state index in [2.05, 4.69) is 10.1 Å². The molecule has 1 aliphatic heterocycles. The van der Waals surface area contributed by atoms with Crippen LogP contribution in [-0.4, -0.2) is 31.5 Å². The molecule has 0 aliphatic carbocycles. The third-order valence-corrected chi connectivity index (χ3v) is 4.63. The van der Waals surface area contributed by atoms with E-state index in [-0.39, 0.29) is 17.6 Å². The van der Waals surface area contributed by atoms with Crippen molar-refractivity contribution in [1.82, 2.24) is 14.6 Å². The van der Waals surface area contributed by atoms with E-state index in [1.54, 1.807) is 19.1 Å². The second kappa shape index (κ2) is 4.38. The zero-order chi connectivity index (χ0) is 15.4.